The molecule has 2 N–H and O–H groups in total. The average molecular weight is 421 g/mol. The Kier molecular flexibility index (Phi) is 6.87. The predicted octanol–water partition coefficient (Wildman–Crippen LogP) is 4.09. The van der Waals surface area contributed by atoms with Gasteiger partial charge in [-0.15, -0.1) is 0 Å². The van der Waals surface area contributed by atoms with Gasteiger partial charge in [0.1, 0.15) is 16.5 Å². The van der Waals surface area contributed by atoms with Crippen LogP contribution in [-0.4, -0.2) is 27.0 Å². The Hall–Kier alpha value is -2.45. The van der Waals surface area contributed by atoms with E-state index in [-0.39, 0.29) is 11.6 Å². The van der Waals surface area contributed by atoms with Gasteiger partial charge in [-0.05, 0) is 62.2 Å². The summed E-state index contributed by atoms with van der Waals surface area (Å²) in [6.45, 7) is 2.41. The molecule has 0 unspecified atom stereocenters. The van der Waals surface area contributed by atoms with Crippen molar-refractivity contribution < 1.29 is 22.3 Å². The molecule has 1 amide bonds. The SMILES string of the molecule is CCOc1ccc(NC(=O)c2ccc(F)c(S(=O)(=O)NC3CCCCC3)c2)cc1. The highest BCUT2D eigenvalue weighted by Gasteiger charge is 2.25. The van der Waals surface area contributed by atoms with E-state index in [0.29, 0.717) is 18.0 Å². The number of hydrogen-bond acceptors (Lipinski definition) is 4. The minimum Gasteiger partial charge on any atom is -0.494 e. The fourth-order valence-electron chi connectivity index (χ4n) is 3.36. The molecule has 2 aromatic rings. The molecule has 0 aromatic heterocycles. The molecule has 6 nitrogen and oxygen atoms in total. The Labute approximate surface area is 170 Å². The summed E-state index contributed by atoms with van der Waals surface area (Å²) in [4.78, 5) is 12.0. The number of carbonyl (C=O) groups is 1. The zero-order valence-corrected chi connectivity index (χ0v) is 17.1. The Morgan fingerprint density at radius 1 is 1.10 bits per heavy atom. The molecule has 0 bridgehead atoms. The van der Waals surface area contributed by atoms with E-state index in [9.17, 15) is 17.6 Å². The fourth-order valence-corrected chi connectivity index (χ4v) is 4.77. The summed E-state index contributed by atoms with van der Waals surface area (Å²) < 4.78 is 47.5. The van der Waals surface area contributed by atoms with Crippen molar-refractivity contribution in [3.63, 3.8) is 0 Å². The lowest BCUT2D eigenvalue weighted by molar-refractivity contribution is 0.102. The molecule has 1 fully saturated rings. The largest absolute Gasteiger partial charge is 0.494 e. The van der Waals surface area contributed by atoms with Crippen LogP contribution in [0, 0.1) is 5.82 Å². The maximum Gasteiger partial charge on any atom is 0.255 e. The van der Waals surface area contributed by atoms with Crippen LogP contribution in [0.1, 0.15) is 49.4 Å². The first-order valence-corrected chi connectivity index (χ1v) is 11.2. The second-order valence-electron chi connectivity index (χ2n) is 7.01. The van der Waals surface area contributed by atoms with Crippen LogP contribution in [0.2, 0.25) is 0 Å². The van der Waals surface area contributed by atoms with Gasteiger partial charge in [-0.3, -0.25) is 4.79 Å². The van der Waals surface area contributed by atoms with Crippen LogP contribution >= 0.6 is 0 Å². The highest BCUT2D eigenvalue weighted by Crippen LogP contribution is 2.23. The van der Waals surface area contributed by atoms with Gasteiger partial charge in [-0.2, -0.15) is 0 Å². The maximum atomic E-state index is 14.3. The second-order valence-corrected chi connectivity index (χ2v) is 8.70. The number of carbonyl (C=O) groups excluding carboxylic acids is 1. The Bertz CT molecular complexity index is 955. The molecule has 8 heteroatoms. The van der Waals surface area contributed by atoms with Crippen LogP contribution in [0.15, 0.2) is 47.4 Å². The number of amides is 1. The Morgan fingerprint density at radius 3 is 2.45 bits per heavy atom. The van der Waals surface area contributed by atoms with Gasteiger partial charge < -0.3 is 10.1 Å². The first-order valence-electron chi connectivity index (χ1n) is 9.75. The van der Waals surface area contributed by atoms with Crippen LogP contribution < -0.4 is 14.8 Å². The zero-order chi connectivity index (χ0) is 20.9. The van der Waals surface area contributed by atoms with Crippen molar-refractivity contribution in [3.8, 4) is 5.75 Å². The summed E-state index contributed by atoms with van der Waals surface area (Å²) in [6, 6.07) is 9.92. The van der Waals surface area contributed by atoms with E-state index in [1.807, 2.05) is 6.92 Å². The topological polar surface area (TPSA) is 84.5 Å². The van der Waals surface area contributed by atoms with E-state index in [2.05, 4.69) is 10.0 Å². The van der Waals surface area contributed by atoms with Crippen LogP contribution in [-0.2, 0) is 10.0 Å². The third-order valence-corrected chi connectivity index (χ3v) is 6.37. The first kappa shape index (κ1) is 21.3. The number of nitrogens with one attached hydrogen (secondary N) is 2. The van der Waals surface area contributed by atoms with E-state index < -0.39 is 26.6 Å². The van der Waals surface area contributed by atoms with Gasteiger partial charge >= 0.3 is 0 Å². The van der Waals surface area contributed by atoms with Crippen molar-refractivity contribution in [2.24, 2.45) is 0 Å². The quantitative estimate of drug-likeness (QED) is 0.707. The van der Waals surface area contributed by atoms with Crippen LogP contribution in [0.3, 0.4) is 0 Å². The minimum absolute atomic E-state index is 0.0595. The summed E-state index contributed by atoms with van der Waals surface area (Å²) in [5.74, 6) is -0.733. The van der Waals surface area contributed by atoms with Gasteiger partial charge in [0.05, 0.1) is 6.61 Å². The van der Waals surface area contributed by atoms with Crippen molar-refractivity contribution in [1.29, 1.82) is 0 Å². The van der Waals surface area contributed by atoms with Gasteiger partial charge in [-0.1, -0.05) is 19.3 Å². The standard InChI is InChI=1S/C21H25FN2O4S/c1-2-28-18-11-9-16(10-12-18)23-21(25)15-8-13-19(22)20(14-15)29(26,27)24-17-6-4-3-5-7-17/h8-14,17,24H,2-7H2,1H3,(H,23,25). The third-order valence-electron chi connectivity index (χ3n) is 4.83. The smallest absolute Gasteiger partial charge is 0.255 e. The van der Waals surface area contributed by atoms with E-state index in [1.165, 1.54) is 6.07 Å². The first-order chi connectivity index (χ1) is 13.9. The summed E-state index contributed by atoms with van der Waals surface area (Å²) in [5, 5.41) is 2.67. The summed E-state index contributed by atoms with van der Waals surface area (Å²) in [7, 11) is -4.05. The van der Waals surface area contributed by atoms with E-state index in [0.717, 1.165) is 44.2 Å². The molecule has 0 saturated heterocycles. The number of sulfonamides is 1. The van der Waals surface area contributed by atoms with Crippen LogP contribution in [0.25, 0.3) is 0 Å². The summed E-state index contributed by atoms with van der Waals surface area (Å²) >= 11 is 0. The number of halogens is 1. The van der Waals surface area contributed by atoms with Crippen molar-refractivity contribution in [2.75, 3.05) is 11.9 Å². The van der Waals surface area contributed by atoms with E-state index in [1.54, 1.807) is 24.3 Å². The number of hydrogen-bond donors (Lipinski definition) is 2. The molecule has 29 heavy (non-hydrogen) atoms. The van der Waals surface area contributed by atoms with Crippen molar-refractivity contribution >= 4 is 21.6 Å². The van der Waals surface area contributed by atoms with Crippen molar-refractivity contribution in [1.82, 2.24) is 4.72 Å². The molecule has 2 aromatic carbocycles. The lowest BCUT2D eigenvalue weighted by Gasteiger charge is -2.22. The molecular weight excluding hydrogens is 395 g/mol. The van der Waals surface area contributed by atoms with Gasteiger partial charge in [0.15, 0.2) is 0 Å². The Balaban J connectivity index is 1.75. The minimum atomic E-state index is -4.05. The summed E-state index contributed by atoms with van der Waals surface area (Å²) in [5.41, 5.74) is 0.580. The van der Waals surface area contributed by atoms with E-state index in [4.69, 9.17) is 4.74 Å². The molecule has 0 radical (unpaired) electrons. The van der Waals surface area contributed by atoms with Crippen LogP contribution in [0.4, 0.5) is 10.1 Å². The average Bonchev–Trinajstić information content (AvgIpc) is 2.70. The molecule has 3 rings (SSSR count). The fraction of sp³-hybridized carbons (Fsp3) is 0.381. The molecule has 1 aliphatic carbocycles. The maximum absolute atomic E-state index is 14.3. The second kappa shape index (κ2) is 9.37. The molecule has 1 aliphatic rings. The number of benzene rings is 2. The normalized spacial score (nSPS) is 15.1. The molecular formula is C21H25FN2O4S. The van der Waals surface area contributed by atoms with Gasteiger partial charge in [0, 0.05) is 17.3 Å². The predicted molar refractivity (Wildman–Crippen MR) is 109 cm³/mol. The molecule has 0 aliphatic heterocycles. The molecule has 156 valence electrons. The van der Waals surface area contributed by atoms with Gasteiger partial charge in [-0.25, -0.2) is 17.5 Å². The molecule has 0 atom stereocenters. The Morgan fingerprint density at radius 2 is 1.79 bits per heavy atom. The lowest BCUT2D eigenvalue weighted by atomic mass is 9.96. The van der Waals surface area contributed by atoms with Crippen LogP contribution in [0.5, 0.6) is 5.75 Å². The monoisotopic (exact) mass is 420 g/mol. The van der Waals surface area contributed by atoms with Gasteiger partial charge in [0.2, 0.25) is 10.0 Å². The summed E-state index contributed by atoms with van der Waals surface area (Å²) in [6.07, 6.45) is 4.44. The number of anilines is 1. The van der Waals surface area contributed by atoms with Crippen molar-refractivity contribution in [2.45, 2.75) is 50.0 Å². The highest BCUT2D eigenvalue weighted by atomic mass is 32.2. The van der Waals surface area contributed by atoms with Crippen molar-refractivity contribution in [3.05, 3.63) is 53.8 Å². The molecule has 1 saturated carbocycles. The van der Waals surface area contributed by atoms with E-state index >= 15 is 0 Å². The number of rotatable bonds is 7. The zero-order valence-electron chi connectivity index (χ0n) is 16.3. The van der Waals surface area contributed by atoms with Gasteiger partial charge in [0.25, 0.3) is 5.91 Å². The molecule has 0 heterocycles. The third kappa shape index (κ3) is 5.55. The number of ether oxygens (including phenoxy) is 1. The molecule has 0 spiro atoms. The lowest BCUT2D eigenvalue weighted by Crippen LogP contribution is -2.36. The highest BCUT2D eigenvalue weighted by molar-refractivity contribution is 7.89.